The Morgan fingerprint density at radius 1 is 1.36 bits per heavy atom. The summed E-state index contributed by atoms with van der Waals surface area (Å²) in [7, 11) is 0. The standard InChI is InChI=1S/C16H17N5O/c1-9-3-2-4-10(7-9)8-12-13(11-5-6-11)18-16-19-15(17)20-21(16)14(12)22/h2-4,7,11H,5-6,8H2,1H3,(H3,17,18,19,20). The molecule has 1 fully saturated rings. The number of benzene rings is 1. The molecule has 6 nitrogen and oxygen atoms in total. The summed E-state index contributed by atoms with van der Waals surface area (Å²) in [6.45, 7) is 2.05. The van der Waals surface area contributed by atoms with E-state index in [1.54, 1.807) is 0 Å². The van der Waals surface area contributed by atoms with Gasteiger partial charge in [-0.05, 0) is 25.3 Å². The number of anilines is 1. The van der Waals surface area contributed by atoms with Gasteiger partial charge in [0.25, 0.3) is 11.3 Å². The van der Waals surface area contributed by atoms with Crippen molar-refractivity contribution in [2.75, 3.05) is 5.73 Å². The second-order valence-corrected chi connectivity index (χ2v) is 5.97. The number of nitrogens with zero attached hydrogens (tertiary/aromatic N) is 3. The molecule has 1 aromatic carbocycles. The Balaban J connectivity index is 1.89. The van der Waals surface area contributed by atoms with Crippen LogP contribution in [0, 0.1) is 6.92 Å². The number of hydrogen-bond donors (Lipinski definition) is 2. The highest BCUT2D eigenvalue weighted by molar-refractivity contribution is 5.41. The maximum absolute atomic E-state index is 12.8. The molecule has 0 unspecified atom stereocenters. The van der Waals surface area contributed by atoms with Gasteiger partial charge < -0.3 is 5.73 Å². The Morgan fingerprint density at radius 2 is 2.18 bits per heavy atom. The molecule has 22 heavy (non-hydrogen) atoms. The minimum Gasteiger partial charge on any atom is -0.368 e. The van der Waals surface area contributed by atoms with Crippen LogP contribution in [0.5, 0.6) is 0 Å². The number of aromatic amines is 1. The van der Waals surface area contributed by atoms with Gasteiger partial charge in [-0.3, -0.25) is 9.89 Å². The number of nitrogen functional groups attached to an aromatic ring is 1. The van der Waals surface area contributed by atoms with Crippen LogP contribution < -0.4 is 11.3 Å². The molecule has 0 atom stereocenters. The van der Waals surface area contributed by atoms with E-state index in [0.29, 0.717) is 18.1 Å². The van der Waals surface area contributed by atoms with Gasteiger partial charge in [0.05, 0.1) is 5.69 Å². The lowest BCUT2D eigenvalue weighted by molar-refractivity contribution is 0.839. The molecular formula is C16H17N5O. The second-order valence-electron chi connectivity index (χ2n) is 5.97. The molecule has 0 amide bonds. The van der Waals surface area contributed by atoms with E-state index in [1.807, 2.05) is 12.1 Å². The first-order valence-corrected chi connectivity index (χ1v) is 7.44. The van der Waals surface area contributed by atoms with E-state index in [0.717, 1.165) is 29.7 Å². The second kappa shape index (κ2) is 4.69. The van der Waals surface area contributed by atoms with Crippen LogP contribution in [0.2, 0.25) is 0 Å². The van der Waals surface area contributed by atoms with E-state index in [4.69, 9.17) is 5.73 Å². The summed E-state index contributed by atoms with van der Waals surface area (Å²) in [4.78, 5) is 21.4. The van der Waals surface area contributed by atoms with Crippen LogP contribution in [-0.4, -0.2) is 19.6 Å². The fourth-order valence-corrected chi connectivity index (χ4v) is 2.87. The predicted octanol–water partition coefficient (Wildman–Crippen LogP) is 1.78. The molecular weight excluding hydrogens is 278 g/mol. The van der Waals surface area contributed by atoms with E-state index >= 15 is 0 Å². The van der Waals surface area contributed by atoms with Gasteiger partial charge in [-0.15, -0.1) is 0 Å². The van der Waals surface area contributed by atoms with Crippen molar-refractivity contribution in [3.8, 4) is 0 Å². The number of hydrogen-bond acceptors (Lipinski definition) is 4. The first kappa shape index (κ1) is 13.1. The van der Waals surface area contributed by atoms with Gasteiger partial charge in [0.1, 0.15) is 0 Å². The van der Waals surface area contributed by atoms with Crippen molar-refractivity contribution in [3.05, 3.63) is 57.0 Å². The maximum atomic E-state index is 12.8. The minimum atomic E-state index is -0.0994. The average molecular weight is 295 g/mol. The highest BCUT2D eigenvalue weighted by Crippen LogP contribution is 2.40. The summed E-state index contributed by atoms with van der Waals surface area (Å²) >= 11 is 0. The van der Waals surface area contributed by atoms with E-state index in [2.05, 4.69) is 34.1 Å². The first-order valence-electron chi connectivity index (χ1n) is 7.44. The fraction of sp³-hybridized carbons (Fsp3) is 0.312. The van der Waals surface area contributed by atoms with Crippen molar-refractivity contribution in [2.45, 2.75) is 32.1 Å². The molecule has 1 aliphatic carbocycles. The van der Waals surface area contributed by atoms with Crippen LogP contribution in [0.15, 0.2) is 29.1 Å². The maximum Gasteiger partial charge on any atom is 0.277 e. The molecule has 0 bridgehead atoms. The molecule has 0 saturated heterocycles. The zero-order valence-electron chi connectivity index (χ0n) is 12.3. The van der Waals surface area contributed by atoms with E-state index in [1.165, 1.54) is 10.1 Å². The predicted molar refractivity (Wildman–Crippen MR) is 84.0 cm³/mol. The van der Waals surface area contributed by atoms with Gasteiger partial charge in [0.15, 0.2) is 0 Å². The average Bonchev–Trinajstić information content (AvgIpc) is 3.24. The Bertz CT molecular complexity index is 920. The van der Waals surface area contributed by atoms with Gasteiger partial charge in [-0.2, -0.15) is 9.50 Å². The van der Waals surface area contributed by atoms with Gasteiger partial charge in [0, 0.05) is 17.9 Å². The molecule has 112 valence electrons. The third-order valence-electron chi connectivity index (χ3n) is 4.07. The molecule has 2 aromatic heterocycles. The highest BCUT2D eigenvalue weighted by atomic mass is 16.1. The number of nitrogens with two attached hydrogens (primary N) is 1. The lowest BCUT2D eigenvalue weighted by Gasteiger charge is -2.08. The Kier molecular flexibility index (Phi) is 2.79. The molecule has 1 saturated carbocycles. The Labute approximate surface area is 127 Å². The summed E-state index contributed by atoms with van der Waals surface area (Å²) in [5.74, 6) is 0.951. The molecule has 2 heterocycles. The van der Waals surface area contributed by atoms with Crippen molar-refractivity contribution in [1.29, 1.82) is 0 Å². The zero-order valence-corrected chi connectivity index (χ0v) is 12.3. The number of nitrogens with one attached hydrogen (secondary N) is 1. The SMILES string of the molecule is Cc1cccc(Cc2c(C3CC3)nc3nc(N)[nH]n3c2=O)c1. The van der Waals surface area contributed by atoms with Crippen molar-refractivity contribution in [2.24, 2.45) is 0 Å². The summed E-state index contributed by atoms with van der Waals surface area (Å²) in [5, 5.41) is 2.76. The molecule has 3 N–H and O–H groups in total. The molecule has 0 radical (unpaired) electrons. The van der Waals surface area contributed by atoms with Crippen LogP contribution in [0.3, 0.4) is 0 Å². The van der Waals surface area contributed by atoms with Crippen LogP contribution >= 0.6 is 0 Å². The van der Waals surface area contributed by atoms with Crippen LogP contribution in [0.25, 0.3) is 5.78 Å². The smallest absolute Gasteiger partial charge is 0.277 e. The van der Waals surface area contributed by atoms with E-state index in [9.17, 15) is 4.79 Å². The summed E-state index contributed by atoms with van der Waals surface area (Å²) < 4.78 is 1.34. The fourth-order valence-electron chi connectivity index (χ4n) is 2.87. The quantitative estimate of drug-likeness (QED) is 0.770. The van der Waals surface area contributed by atoms with Crippen molar-refractivity contribution in [1.82, 2.24) is 19.6 Å². The molecule has 3 aromatic rings. The van der Waals surface area contributed by atoms with Gasteiger partial charge in [-0.25, -0.2) is 4.98 Å². The largest absolute Gasteiger partial charge is 0.368 e. The summed E-state index contributed by atoms with van der Waals surface area (Å²) in [6.07, 6.45) is 2.76. The minimum absolute atomic E-state index is 0.0994. The third-order valence-corrected chi connectivity index (χ3v) is 4.07. The van der Waals surface area contributed by atoms with Crippen molar-refractivity contribution >= 4 is 11.7 Å². The van der Waals surface area contributed by atoms with Crippen molar-refractivity contribution < 1.29 is 0 Å². The highest BCUT2D eigenvalue weighted by Gasteiger charge is 2.30. The van der Waals surface area contributed by atoms with Crippen LogP contribution in [0.1, 0.15) is 41.1 Å². The Morgan fingerprint density at radius 3 is 2.91 bits per heavy atom. The molecule has 0 spiro atoms. The van der Waals surface area contributed by atoms with Crippen LogP contribution in [0.4, 0.5) is 5.95 Å². The van der Waals surface area contributed by atoms with Crippen molar-refractivity contribution in [3.63, 3.8) is 0 Å². The van der Waals surface area contributed by atoms with Gasteiger partial charge in [0.2, 0.25) is 5.95 Å². The van der Waals surface area contributed by atoms with Gasteiger partial charge >= 0.3 is 0 Å². The van der Waals surface area contributed by atoms with E-state index < -0.39 is 0 Å². The Hall–Kier alpha value is -2.63. The summed E-state index contributed by atoms with van der Waals surface area (Å²) in [6, 6.07) is 8.21. The number of fused-ring (bicyclic) bond motifs is 1. The van der Waals surface area contributed by atoms with Gasteiger partial charge in [-0.1, -0.05) is 29.8 Å². The first-order chi connectivity index (χ1) is 10.6. The van der Waals surface area contributed by atoms with Crippen LogP contribution in [-0.2, 0) is 6.42 Å². The molecule has 1 aliphatic rings. The molecule has 6 heteroatoms. The number of aryl methyl sites for hydroxylation is 1. The summed E-state index contributed by atoms with van der Waals surface area (Å²) in [5.41, 5.74) is 9.49. The number of H-pyrrole nitrogens is 1. The molecule has 0 aliphatic heterocycles. The topological polar surface area (TPSA) is 89.1 Å². The number of aromatic nitrogens is 4. The number of rotatable bonds is 3. The lowest BCUT2D eigenvalue weighted by Crippen LogP contribution is -2.23. The van der Waals surface area contributed by atoms with E-state index in [-0.39, 0.29) is 11.5 Å². The zero-order chi connectivity index (χ0) is 15.3. The third kappa shape index (κ3) is 2.16. The lowest BCUT2D eigenvalue weighted by atomic mass is 10.0. The monoisotopic (exact) mass is 295 g/mol. The normalized spacial score (nSPS) is 14.6. The molecule has 4 rings (SSSR count).